The molecular weight excluding hydrogens is 753 g/mol. The van der Waals surface area contributed by atoms with Crippen LogP contribution in [-0.4, -0.2) is 19.1 Å². The number of rotatable bonds is 7. The average Bonchev–Trinajstić information content (AvgIpc) is 3.87. The molecule has 3 heterocycles. The van der Waals surface area contributed by atoms with Crippen molar-refractivity contribution in [1.29, 1.82) is 0 Å². The van der Waals surface area contributed by atoms with Crippen LogP contribution in [0, 0.1) is 0 Å². The molecule has 0 radical (unpaired) electrons. The van der Waals surface area contributed by atoms with Crippen LogP contribution in [0.1, 0.15) is 0 Å². The molecule has 62 heavy (non-hydrogen) atoms. The quantitative estimate of drug-likeness (QED) is 0.161. The number of fused-ring (bicyclic) bond motifs is 6. The van der Waals surface area contributed by atoms with E-state index in [0.29, 0.717) is 5.82 Å². The summed E-state index contributed by atoms with van der Waals surface area (Å²) in [6.45, 7) is 0. The van der Waals surface area contributed by atoms with Crippen molar-refractivity contribution in [3.8, 4) is 67.5 Å². The number of para-hydroxylation sites is 3. The van der Waals surface area contributed by atoms with E-state index in [1.807, 2.05) is 24.3 Å². The number of hydrogen-bond donors (Lipinski definition) is 0. The fraction of sp³-hybridized carbons (Fsp3) is 0. The molecule has 0 unspecified atom stereocenters. The smallest absolute Gasteiger partial charge is 0.160 e. The van der Waals surface area contributed by atoms with E-state index in [0.717, 1.165) is 50.6 Å². The molecule has 4 heteroatoms. The van der Waals surface area contributed by atoms with E-state index in [2.05, 4.69) is 215 Å². The second-order valence-corrected chi connectivity index (χ2v) is 15.8. The molecule has 0 aliphatic rings. The van der Waals surface area contributed by atoms with Gasteiger partial charge in [-0.05, 0) is 89.0 Å². The van der Waals surface area contributed by atoms with Gasteiger partial charge in [0.05, 0.1) is 33.5 Å². The van der Waals surface area contributed by atoms with Crippen molar-refractivity contribution in [3.05, 3.63) is 231 Å². The molecule has 290 valence electrons. The first-order valence-corrected chi connectivity index (χ1v) is 21.1. The van der Waals surface area contributed by atoms with Crippen LogP contribution in [0.4, 0.5) is 0 Å². The molecule has 0 aliphatic carbocycles. The minimum absolute atomic E-state index is 0.711. The molecule has 3 aromatic heterocycles. The Balaban J connectivity index is 0.921. The van der Waals surface area contributed by atoms with Gasteiger partial charge in [-0.1, -0.05) is 164 Å². The molecular formula is C58H38N4. The third-order valence-corrected chi connectivity index (χ3v) is 12.1. The molecule has 0 spiro atoms. The van der Waals surface area contributed by atoms with Gasteiger partial charge in [-0.15, -0.1) is 0 Å². The van der Waals surface area contributed by atoms with Crippen molar-refractivity contribution >= 4 is 43.6 Å². The van der Waals surface area contributed by atoms with Gasteiger partial charge in [0.1, 0.15) is 0 Å². The molecule has 0 fully saturated rings. The van der Waals surface area contributed by atoms with Crippen molar-refractivity contribution in [2.24, 2.45) is 0 Å². The van der Waals surface area contributed by atoms with E-state index in [1.54, 1.807) is 0 Å². The second-order valence-electron chi connectivity index (χ2n) is 15.8. The first-order valence-electron chi connectivity index (χ1n) is 21.1. The molecule has 0 atom stereocenters. The fourth-order valence-electron chi connectivity index (χ4n) is 9.17. The molecule has 9 aromatic carbocycles. The Labute approximate surface area is 359 Å². The maximum Gasteiger partial charge on any atom is 0.160 e. The van der Waals surface area contributed by atoms with Gasteiger partial charge in [-0.2, -0.15) is 0 Å². The lowest BCUT2D eigenvalue weighted by molar-refractivity contribution is 1.18. The maximum absolute atomic E-state index is 5.11. The molecule has 4 nitrogen and oxygen atoms in total. The Morgan fingerprint density at radius 1 is 0.242 bits per heavy atom. The van der Waals surface area contributed by atoms with Gasteiger partial charge >= 0.3 is 0 Å². The van der Waals surface area contributed by atoms with E-state index in [9.17, 15) is 0 Å². The minimum Gasteiger partial charge on any atom is -0.309 e. The first kappa shape index (κ1) is 35.6. The van der Waals surface area contributed by atoms with Gasteiger partial charge in [0.15, 0.2) is 5.82 Å². The lowest BCUT2D eigenvalue weighted by Gasteiger charge is -2.12. The number of hydrogen-bond acceptors (Lipinski definition) is 2. The van der Waals surface area contributed by atoms with Crippen molar-refractivity contribution in [2.75, 3.05) is 0 Å². The number of benzene rings is 9. The second kappa shape index (κ2) is 14.7. The van der Waals surface area contributed by atoms with Crippen LogP contribution in [-0.2, 0) is 0 Å². The molecule has 0 bridgehead atoms. The zero-order valence-corrected chi connectivity index (χ0v) is 33.7. The zero-order valence-electron chi connectivity index (χ0n) is 33.7. The highest BCUT2D eigenvalue weighted by atomic mass is 15.0. The highest BCUT2D eigenvalue weighted by Crippen LogP contribution is 2.38. The first-order chi connectivity index (χ1) is 30.7. The van der Waals surface area contributed by atoms with Crippen LogP contribution in [0.3, 0.4) is 0 Å². The summed E-state index contributed by atoms with van der Waals surface area (Å²) in [5, 5.41) is 4.95. The van der Waals surface area contributed by atoms with Crippen LogP contribution in [0.15, 0.2) is 231 Å². The molecule has 12 aromatic rings. The van der Waals surface area contributed by atoms with Gasteiger partial charge in [0, 0.05) is 49.6 Å². The van der Waals surface area contributed by atoms with Crippen molar-refractivity contribution in [2.45, 2.75) is 0 Å². The Morgan fingerprint density at radius 3 is 1.44 bits per heavy atom. The third kappa shape index (κ3) is 6.08. The summed E-state index contributed by atoms with van der Waals surface area (Å²) in [7, 11) is 0. The van der Waals surface area contributed by atoms with Crippen LogP contribution in [0.5, 0.6) is 0 Å². The Morgan fingerprint density at radius 2 is 0.710 bits per heavy atom. The molecule has 0 saturated carbocycles. The van der Waals surface area contributed by atoms with Gasteiger partial charge in [-0.3, -0.25) is 0 Å². The number of nitrogens with zero attached hydrogens (tertiary/aromatic N) is 4. The van der Waals surface area contributed by atoms with Gasteiger partial charge in [0.2, 0.25) is 0 Å². The summed E-state index contributed by atoms with van der Waals surface area (Å²) in [5.41, 5.74) is 16.6. The third-order valence-electron chi connectivity index (χ3n) is 12.1. The van der Waals surface area contributed by atoms with E-state index >= 15 is 0 Å². The molecule has 12 rings (SSSR count). The normalized spacial score (nSPS) is 11.5. The summed E-state index contributed by atoms with van der Waals surface area (Å²) in [4.78, 5) is 10.1. The monoisotopic (exact) mass is 790 g/mol. The van der Waals surface area contributed by atoms with Gasteiger partial charge in [-0.25, -0.2) is 9.97 Å². The lowest BCUT2D eigenvalue weighted by atomic mass is 9.99. The predicted octanol–water partition coefficient (Wildman–Crippen LogP) is 15.0. The lowest BCUT2D eigenvalue weighted by Crippen LogP contribution is -1.96. The summed E-state index contributed by atoms with van der Waals surface area (Å²) in [5.74, 6) is 0.711. The van der Waals surface area contributed by atoms with Crippen LogP contribution in [0.2, 0.25) is 0 Å². The maximum atomic E-state index is 5.11. The van der Waals surface area contributed by atoms with Gasteiger partial charge in [0.25, 0.3) is 0 Å². The van der Waals surface area contributed by atoms with E-state index in [-0.39, 0.29) is 0 Å². The van der Waals surface area contributed by atoms with Gasteiger partial charge < -0.3 is 9.13 Å². The molecule has 0 saturated heterocycles. The van der Waals surface area contributed by atoms with Crippen molar-refractivity contribution < 1.29 is 0 Å². The standard InChI is InChI=1S/C58H38N4/c1-4-15-40(16-5-1)52-38-53(60-58(59-52)41-17-6-2-7-18-41)45-20-14-19-42(35-45)43-30-34-56-51(36-43)49-24-11-13-26-55(49)61(56)47-31-27-39(28-32-47)44-29-33-50-48-23-10-12-25-54(48)62(57(50)37-44)46-21-8-3-9-22-46/h1-38H. The Kier molecular flexibility index (Phi) is 8.46. The Hall–Kier alpha value is -8.34. The predicted molar refractivity (Wildman–Crippen MR) is 258 cm³/mol. The van der Waals surface area contributed by atoms with Crippen LogP contribution >= 0.6 is 0 Å². The molecule has 0 amide bonds. The van der Waals surface area contributed by atoms with Crippen molar-refractivity contribution in [3.63, 3.8) is 0 Å². The summed E-state index contributed by atoms with van der Waals surface area (Å²) in [6, 6.07) is 82.2. The molecule has 0 aliphatic heterocycles. The summed E-state index contributed by atoms with van der Waals surface area (Å²) < 4.78 is 4.77. The minimum atomic E-state index is 0.711. The van der Waals surface area contributed by atoms with E-state index in [4.69, 9.17) is 9.97 Å². The summed E-state index contributed by atoms with van der Waals surface area (Å²) >= 11 is 0. The summed E-state index contributed by atoms with van der Waals surface area (Å²) in [6.07, 6.45) is 0. The zero-order chi connectivity index (χ0) is 41.0. The van der Waals surface area contributed by atoms with Crippen molar-refractivity contribution in [1.82, 2.24) is 19.1 Å². The largest absolute Gasteiger partial charge is 0.309 e. The number of aromatic nitrogens is 4. The van der Waals surface area contributed by atoms with E-state index in [1.165, 1.54) is 54.7 Å². The SMILES string of the molecule is c1ccc(-c2cc(-c3cccc(-c4ccc5c(c4)c4ccccc4n5-c4ccc(-c5ccc6c7ccccc7n(-c7ccccc7)c6c5)cc4)c3)nc(-c3ccccc3)n2)cc1. The van der Waals surface area contributed by atoms with E-state index < -0.39 is 0 Å². The highest BCUT2D eigenvalue weighted by Gasteiger charge is 2.17. The Bertz CT molecular complexity index is 3550. The average molecular weight is 791 g/mol. The highest BCUT2D eigenvalue weighted by molar-refractivity contribution is 6.11. The topological polar surface area (TPSA) is 35.6 Å². The van der Waals surface area contributed by atoms with Crippen LogP contribution < -0.4 is 0 Å². The fourth-order valence-corrected chi connectivity index (χ4v) is 9.17. The molecule has 0 N–H and O–H groups in total. The van der Waals surface area contributed by atoms with Crippen LogP contribution in [0.25, 0.3) is 111 Å².